The van der Waals surface area contributed by atoms with Crippen molar-refractivity contribution < 1.29 is 14.7 Å². The fraction of sp³-hybridized carbons (Fsp3) is 0.455. The van der Waals surface area contributed by atoms with E-state index in [0.717, 1.165) is 8.26 Å². The molecule has 100 valence electrons. The summed E-state index contributed by atoms with van der Waals surface area (Å²) >= 11 is 7.91. The molecule has 1 amide bonds. The van der Waals surface area contributed by atoms with E-state index in [2.05, 4.69) is 37.2 Å². The summed E-state index contributed by atoms with van der Waals surface area (Å²) in [6.45, 7) is 3.53. The second-order valence-electron chi connectivity index (χ2n) is 4.13. The van der Waals surface area contributed by atoms with Gasteiger partial charge in [0, 0.05) is 11.0 Å². The first kappa shape index (κ1) is 15.7. The molecule has 0 spiro atoms. The lowest BCUT2D eigenvalue weighted by Crippen LogP contribution is -2.40. The molecule has 1 rings (SSSR count). The largest absolute Gasteiger partial charge is 0.481 e. The van der Waals surface area contributed by atoms with E-state index in [9.17, 15) is 9.59 Å². The number of aliphatic carboxylic acids is 1. The van der Waals surface area contributed by atoms with Gasteiger partial charge in [-0.3, -0.25) is 9.59 Å². The second kappa shape index (κ2) is 6.16. The normalized spacial score (nSPS) is 14.0. The zero-order valence-electron chi connectivity index (χ0n) is 9.92. The van der Waals surface area contributed by atoms with Crippen molar-refractivity contribution in [1.29, 1.82) is 0 Å². The number of carbonyl (C=O) groups is 2. The van der Waals surface area contributed by atoms with Gasteiger partial charge in [-0.15, -0.1) is 11.3 Å². The van der Waals surface area contributed by atoms with E-state index < -0.39 is 11.4 Å². The summed E-state index contributed by atoms with van der Waals surface area (Å²) in [7, 11) is 0. The Kier molecular flexibility index (Phi) is 5.36. The van der Waals surface area contributed by atoms with Crippen molar-refractivity contribution in [2.45, 2.75) is 20.3 Å². The standard InChI is InChI=1S/C11H13Br2NO3S/c1-3-11(2,10(16)17)5-14-9(15)7-4-6(12)8(13)18-7/h4H,3,5H2,1-2H3,(H,14,15)(H,16,17). The minimum absolute atomic E-state index is 0.116. The zero-order chi connectivity index (χ0) is 13.9. The van der Waals surface area contributed by atoms with E-state index in [1.165, 1.54) is 11.3 Å². The SMILES string of the molecule is CCC(C)(CNC(=O)c1cc(Br)c(Br)s1)C(=O)O. The zero-order valence-corrected chi connectivity index (χ0v) is 13.9. The third kappa shape index (κ3) is 3.55. The quantitative estimate of drug-likeness (QED) is 0.797. The number of rotatable bonds is 5. The van der Waals surface area contributed by atoms with Gasteiger partial charge >= 0.3 is 5.97 Å². The van der Waals surface area contributed by atoms with Gasteiger partial charge in [-0.1, -0.05) is 6.92 Å². The Balaban J connectivity index is 2.69. The molecule has 1 heterocycles. The highest BCUT2D eigenvalue weighted by Crippen LogP contribution is 2.32. The van der Waals surface area contributed by atoms with Crippen molar-refractivity contribution in [2.24, 2.45) is 5.41 Å². The molecule has 2 N–H and O–H groups in total. The molecule has 4 nitrogen and oxygen atoms in total. The third-order valence-electron chi connectivity index (χ3n) is 2.80. The first-order valence-corrected chi connectivity index (χ1v) is 7.67. The molecule has 0 aliphatic rings. The van der Waals surface area contributed by atoms with Gasteiger partial charge in [0.1, 0.15) is 0 Å². The van der Waals surface area contributed by atoms with Crippen molar-refractivity contribution in [3.63, 3.8) is 0 Å². The lowest BCUT2D eigenvalue weighted by atomic mass is 9.88. The average Bonchev–Trinajstić information content (AvgIpc) is 2.66. The highest BCUT2D eigenvalue weighted by Gasteiger charge is 2.31. The number of nitrogens with one attached hydrogen (secondary N) is 1. The van der Waals surface area contributed by atoms with Crippen LogP contribution in [-0.4, -0.2) is 23.5 Å². The van der Waals surface area contributed by atoms with Crippen LogP contribution in [0.4, 0.5) is 0 Å². The Morgan fingerprint density at radius 2 is 2.11 bits per heavy atom. The molecule has 0 aliphatic carbocycles. The molecule has 0 radical (unpaired) electrons. The molecule has 0 bridgehead atoms. The van der Waals surface area contributed by atoms with Crippen LogP contribution in [0, 0.1) is 5.41 Å². The minimum atomic E-state index is -0.929. The Morgan fingerprint density at radius 3 is 2.50 bits per heavy atom. The van der Waals surface area contributed by atoms with Gasteiger partial charge in [-0.05, 0) is 51.3 Å². The number of halogens is 2. The maximum absolute atomic E-state index is 11.9. The van der Waals surface area contributed by atoms with Gasteiger partial charge < -0.3 is 10.4 Å². The van der Waals surface area contributed by atoms with Gasteiger partial charge in [-0.25, -0.2) is 0 Å². The highest BCUT2D eigenvalue weighted by molar-refractivity contribution is 9.13. The molecule has 0 aliphatic heterocycles. The summed E-state index contributed by atoms with van der Waals surface area (Å²) in [6.07, 6.45) is 0.459. The fourth-order valence-electron chi connectivity index (χ4n) is 1.17. The van der Waals surface area contributed by atoms with Crippen molar-refractivity contribution in [1.82, 2.24) is 5.32 Å². The Morgan fingerprint density at radius 1 is 1.50 bits per heavy atom. The number of thiophene rings is 1. The number of carbonyl (C=O) groups excluding carboxylic acids is 1. The van der Waals surface area contributed by atoms with Crippen LogP contribution >= 0.6 is 43.2 Å². The summed E-state index contributed by atoms with van der Waals surface area (Å²) in [5.74, 6) is -1.16. The van der Waals surface area contributed by atoms with Crippen LogP contribution in [0.5, 0.6) is 0 Å². The van der Waals surface area contributed by atoms with Crippen molar-refractivity contribution in [3.05, 3.63) is 19.2 Å². The molecular weight excluding hydrogens is 386 g/mol. The van der Waals surface area contributed by atoms with Gasteiger partial charge in [-0.2, -0.15) is 0 Å². The lowest BCUT2D eigenvalue weighted by molar-refractivity contribution is -0.147. The maximum Gasteiger partial charge on any atom is 0.311 e. The van der Waals surface area contributed by atoms with Crippen LogP contribution < -0.4 is 5.32 Å². The Bertz CT molecular complexity index is 455. The van der Waals surface area contributed by atoms with Crippen LogP contribution in [0.2, 0.25) is 0 Å². The number of amides is 1. The molecule has 0 fully saturated rings. The molecule has 1 unspecified atom stereocenters. The summed E-state index contributed by atoms with van der Waals surface area (Å²) in [5, 5.41) is 11.8. The highest BCUT2D eigenvalue weighted by atomic mass is 79.9. The van der Waals surface area contributed by atoms with Gasteiger partial charge in [0.2, 0.25) is 0 Å². The van der Waals surface area contributed by atoms with Crippen LogP contribution in [-0.2, 0) is 4.79 Å². The summed E-state index contributed by atoms with van der Waals surface area (Å²) in [5.41, 5.74) is -0.929. The minimum Gasteiger partial charge on any atom is -0.481 e. The van der Waals surface area contributed by atoms with Gasteiger partial charge in [0.25, 0.3) is 5.91 Å². The van der Waals surface area contributed by atoms with Gasteiger partial charge in [0.05, 0.1) is 14.1 Å². The molecule has 0 saturated heterocycles. The molecule has 18 heavy (non-hydrogen) atoms. The topological polar surface area (TPSA) is 66.4 Å². The monoisotopic (exact) mass is 397 g/mol. The molecule has 0 aromatic carbocycles. The van der Waals surface area contributed by atoms with Crippen molar-refractivity contribution in [2.75, 3.05) is 6.54 Å². The Labute approximate surface area is 126 Å². The van der Waals surface area contributed by atoms with E-state index in [1.54, 1.807) is 19.9 Å². The first-order chi connectivity index (χ1) is 8.30. The predicted octanol–water partition coefficient (Wildman–Crippen LogP) is 3.50. The van der Waals surface area contributed by atoms with Gasteiger partial charge in [0.15, 0.2) is 0 Å². The van der Waals surface area contributed by atoms with Crippen molar-refractivity contribution in [3.8, 4) is 0 Å². The fourth-order valence-corrected chi connectivity index (χ4v) is 3.12. The van der Waals surface area contributed by atoms with Crippen LogP contribution in [0.15, 0.2) is 14.3 Å². The van der Waals surface area contributed by atoms with Crippen LogP contribution in [0.1, 0.15) is 29.9 Å². The van der Waals surface area contributed by atoms with Crippen LogP contribution in [0.3, 0.4) is 0 Å². The lowest BCUT2D eigenvalue weighted by Gasteiger charge is -2.22. The number of hydrogen-bond donors (Lipinski definition) is 2. The van der Waals surface area contributed by atoms with Crippen molar-refractivity contribution >= 4 is 55.1 Å². The molecule has 1 atom stereocenters. The van der Waals surface area contributed by atoms with E-state index in [1.807, 2.05) is 0 Å². The van der Waals surface area contributed by atoms with Crippen LogP contribution in [0.25, 0.3) is 0 Å². The first-order valence-electron chi connectivity index (χ1n) is 5.26. The molecule has 7 heteroatoms. The number of carboxylic acids is 1. The molecular formula is C11H13Br2NO3S. The second-order valence-corrected chi connectivity index (χ2v) is 7.36. The third-order valence-corrected chi connectivity index (χ3v) is 6.06. The summed E-state index contributed by atoms with van der Waals surface area (Å²) in [6, 6.07) is 1.70. The summed E-state index contributed by atoms with van der Waals surface area (Å²) < 4.78 is 1.65. The maximum atomic E-state index is 11.9. The average molecular weight is 399 g/mol. The summed E-state index contributed by atoms with van der Waals surface area (Å²) in [4.78, 5) is 23.5. The number of carboxylic acid groups (broad SMARTS) is 1. The molecule has 1 aromatic rings. The van der Waals surface area contributed by atoms with E-state index >= 15 is 0 Å². The smallest absolute Gasteiger partial charge is 0.311 e. The Hall–Kier alpha value is -0.400. The van der Waals surface area contributed by atoms with E-state index in [4.69, 9.17) is 5.11 Å². The van der Waals surface area contributed by atoms with E-state index in [0.29, 0.717) is 11.3 Å². The number of hydrogen-bond acceptors (Lipinski definition) is 3. The predicted molar refractivity (Wildman–Crippen MR) is 78.1 cm³/mol. The van der Waals surface area contributed by atoms with E-state index in [-0.39, 0.29) is 12.5 Å². The molecule has 1 aromatic heterocycles. The molecule has 0 saturated carbocycles.